The molecule has 3 rings (SSSR count). The first-order valence-electron chi connectivity index (χ1n) is 9.53. The number of ether oxygens (including phenoxy) is 2. The molecule has 1 amide bonds. The van der Waals surface area contributed by atoms with Crippen molar-refractivity contribution in [2.75, 3.05) is 18.5 Å². The number of anilines is 1. The molecule has 1 aliphatic rings. The molecule has 1 aliphatic heterocycles. The maximum Gasteiger partial charge on any atom is 0.253 e. The van der Waals surface area contributed by atoms with Crippen molar-refractivity contribution in [3.05, 3.63) is 53.9 Å². The van der Waals surface area contributed by atoms with Crippen LogP contribution in [-0.2, 0) is 16.0 Å². The fraction of sp³-hybridized carbons (Fsp3) is 0.429. The Morgan fingerprint density at radius 3 is 2.79 bits per heavy atom. The molecule has 2 unspecified atom stereocenters. The van der Waals surface area contributed by atoms with Crippen molar-refractivity contribution < 1.29 is 28.2 Å². The van der Waals surface area contributed by atoms with Crippen LogP contribution < -0.4 is 10.1 Å². The molecule has 0 saturated carbocycles. The van der Waals surface area contributed by atoms with Gasteiger partial charge in [0.05, 0.1) is 12.7 Å². The first-order valence-corrected chi connectivity index (χ1v) is 9.53. The molecule has 2 heterocycles. The zero-order valence-corrected chi connectivity index (χ0v) is 16.5. The van der Waals surface area contributed by atoms with Gasteiger partial charge in [-0.1, -0.05) is 6.07 Å². The number of benzene rings is 1. The normalized spacial score (nSPS) is 18.0. The van der Waals surface area contributed by atoms with Crippen LogP contribution in [0.4, 0.5) is 14.5 Å². The molecule has 1 aromatic heterocycles. The van der Waals surface area contributed by atoms with Crippen LogP contribution in [0, 0.1) is 11.6 Å². The van der Waals surface area contributed by atoms with E-state index in [1.54, 1.807) is 25.3 Å². The summed E-state index contributed by atoms with van der Waals surface area (Å²) in [6.07, 6.45) is 3.60. The zero-order chi connectivity index (χ0) is 21.2. The maximum atomic E-state index is 12.7. The first-order chi connectivity index (χ1) is 13.9. The second-order valence-electron chi connectivity index (χ2n) is 6.50. The largest absolute Gasteiger partial charge is 0.491 e. The summed E-state index contributed by atoms with van der Waals surface area (Å²) in [4.78, 5) is 16.0. The summed E-state index contributed by atoms with van der Waals surface area (Å²) in [6.45, 7) is 4.07. The van der Waals surface area contributed by atoms with E-state index < -0.39 is 11.6 Å². The minimum atomic E-state index is -0.922. The number of hydrogen-bond acceptors (Lipinski definition) is 5. The summed E-state index contributed by atoms with van der Waals surface area (Å²) in [7, 11) is 0. The Bertz CT molecular complexity index is 804. The number of amides is 1. The van der Waals surface area contributed by atoms with Gasteiger partial charge < -0.3 is 19.9 Å². The molecule has 0 spiro atoms. The van der Waals surface area contributed by atoms with Crippen LogP contribution in [0.5, 0.6) is 5.75 Å². The van der Waals surface area contributed by atoms with Crippen molar-refractivity contribution in [1.29, 1.82) is 0 Å². The number of nitrogens with one attached hydrogen (secondary N) is 1. The third kappa shape index (κ3) is 7.07. The Hall–Kier alpha value is -2.58. The SMILES string of the molecule is CC1CCC(C(=O)Nc2ccnc(CCO)c2)O1.CCOc1cccc(F)c1F. The predicted molar refractivity (Wildman–Crippen MR) is 105 cm³/mol. The number of carbonyl (C=O) groups is 1. The van der Waals surface area contributed by atoms with E-state index in [4.69, 9.17) is 14.6 Å². The van der Waals surface area contributed by atoms with Crippen molar-refractivity contribution in [2.45, 2.75) is 45.3 Å². The number of carbonyl (C=O) groups excluding carboxylic acids is 1. The molecule has 2 N–H and O–H groups in total. The highest BCUT2D eigenvalue weighted by atomic mass is 19.2. The summed E-state index contributed by atoms with van der Waals surface area (Å²) in [6, 6.07) is 7.35. The molecule has 2 atom stereocenters. The number of hydrogen-bond donors (Lipinski definition) is 2. The summed E-state index contributed by atoms with van der Waals surface area (Å²) >= 11 is 0. The Morgan fingerprint density at radius 1 is 1.34 bits per heavy atom. The number of pyridine rings is 1. The highest BCUT2D eigenvalue weighted by Crippen LogP contribution is 2.21. The molecule has 1 fully saturated rings. The molecular formula is C21H26F2N2O4. The van der Waals surface area contributed by atoms with Gasteiger partial charge in [0.25, 0.3) is 5.91 Å². The summed E-state index contributed by atoms with van der Waals surface area (Å²) in [5.74, 6) is -1.95. The Labute approximate surface area is 168 Å². The number of aliphatic hydroxyl groups excluding tert-OH is 1. The van der Waals surface area contributed by atoms with Crippen molar-refractivity contribution in [1.82, 2.24) is 4.98 Å². The predicted octanol–water partition coefficient (Wildman–Crippen LogP) is 3.49. The van der Waals surface area contributed by atoms with Crippen molar-refractivity contribution >= 4 is 11.6 Å². The highest BCUT2D eigenvalue weighted by molar-refractivity contribution is 5.94. The van der Waals surface area contributed by atoms with E-state index in [1.807, 2.05) is 6.92 Å². The highest BCUT2D eigenvalue weighted by Gasteiger charge is 2.28. The molecule has 158 valence electrons. The van der Waals surface area contributed by atoms with E-state index >= 15 is 0 Å². The van der Waals surface area contributed by atoms with Crippen LogP contribution >= 0.6 is 0 Å². The number of rotatable bonds is 6. The van der Waals surface area contributed by atoms with E-state index in [9.17, 15) is 13.6 Å². The van der Waals surface area contributed by atoms with Gasteiger partial charge in [0.2, 0.25) is 5.82 Å². The minimum Gasteiger partial charge on any atom is -0.491 e. The van der Waals surface area contributed by atoms with Crippen LogP contribution in [0.2, 0.25) is 0 Å². The molecule has 0 bridgehead atoms. The Balaban J connectivity index is 0.000000234. The van der Waals surface area contributed by atoms with Crippen molar-refractivity contribution in [3.8, 4) is 5.75 Å². The molecule has 8 heteroatoms. The Kier molecular flexibility index (Phi) is 8.95. The first kappa shape index (κ1) is 22.7. The molecule has 2 aromatic rings. The lowest BCUT2D eigenvalue weighted by molar-refractivity contribution is -0.126. The smallest absolute Gasteiger partial charge is 0.253 e. The van der Waals surface area contributed by atoms with E-state index in [-0.39, 0.29) is 30.5 Å². The van der Waals surface area contributed by atoms with E-state index in [0.717, 1.165) is 24.6 Å². The lowest BCUT2D eigenvalue weighted by atomic mass is 10.2. The van der Waals surface area contributed by atoms with E-state index in [2.05, 4.69) is 10.3 Å². The van der Waals surface area contributed by atoms with Crippen molar-refractivity contribution in [3.63, 3.8) is 0 Å². The third-order valence-corrected chi connectivity index (χ3v) is 4.19. The van der Waals surface area contributed by atoms with Gasteiger partial charge in [-0.2, -0.15) is 4.39 Å². The van der Waals surface area contributed by atoms with Gasteiger partial charge >= 0.3 is 0 Å². The maximum absolute atomic E-state index is 12.7. The zero-order valence-electron chi connectivity index (χ0n) is 16.5. The number of aliphatic hydroxyl groups is 1. The second kappa shape index (κ2) is 11.4. The second-order valence-corrected chi connectivity index (χ2v) is 6.50. The molecule has 0 aliphatic carbocycles. The van der Waals surface area contributed by atoms with Gasteiger partial charge in [0.1, 0.15) is 6.10 Å². The van der Waals surface area contributed by atoms with Gasteiger partial charge in [-0.3, -0.25) is 9.78 Å². The monoisotopic (exact) mass is 408 g/mol. The topological polar surface area (TPSA) is 80.7 Å². The van der Waals surface area contributed by atoms with Crippen LogP contribution in [0.3, 0.4) is 0 Å². The quantitative estimate of drug-likeness (QED) is 0.765. The fourth-order valence-corrected chi connectivity index (χ4v) is 2.78. The average molecular weight is 408 g/mol. The number of nitrogens with zero attached hydrogens (tertiary/aromatic N) is 1. The minimum absolute atomic E-state index is 0.0347. The van der Waals surface area contributed by atoms with Gasteiger partial charge in [-0.15, -0.1) is 0 Å². The molecule has 1 aromatic carbocycles. The van der Waals surface area contributed by atoms with Crippen LogP contribution in [0.25, 0.3) is 0 Å². The van der Waals surface area contributed by atoms with Crippen LogP contribution in [0.1, 0.15) is 32.4 Å². The third-order valence-electron chi connectivity index (χ3n) is 4.19. The lowest BCUT2D eigenvalue weighted by Gasteiger charge is -2.12. The summed E-state index contributed by atoms with van der Waals surface area (Å²) in [5.41, 5.74) is 1.46. The van der Waals surface area contributed by atoms with Gasteiger partial charge in [-0.05, 0) is 51.0 Å². The van der Waals surface area contributed by atoms with E-state index in [1.165, 1.54) is 12.1 Å². The average Bonchev–Trinajstić information content (AvgIpc) is 3.13. The Morgan fingerprint density at radius 2 is 2.14 bits per heavy atom. The standard InChI is InChI=1S/C13H18N2O3.C8H8F2O/c1-9-2-3-12(18-9)13(17)15-11-4-6-14-10(8-11)5-7-16;1-2-11-7-5-3-4-6(9)8(7)10/h4,6,8-9,12,16H,2-3,5,7H2,1H3,(H,14,15,17);3-5H,2H2,1H3. The lowest BCUT2D eigenvalue weighted by Crippen LogP contribution is -2.27. The van der Waals surface area contributed by atoms with Gasteiger partial charge in [0, 0.05) is 30.6 Å². The molecular weight excluding hydrogens is 382 g/mol. The van der Waals surface area contributed by atoms with Crippen LogP contribution in [-0.4, -0.2) is 41.4 Å². The molecule has 1 saturated heterocycles. The molecule has 6 nitrogen and oxygen atoms in total. The molecule has 0 radical (unpaired) electrons. The van der Waals surface area contributed by atoms with E-state index in [0.29, 0.717) is 18.7 Å². The van der Waals surface area contributed by atoms with Gasteiger partial charge in [0.15, 0.2) is 11.6 Å². The number of halogens is 2. The summed E-state index contributed by atoms with van der Waals surface area (Å²) in [5, 5.41) is 11.7. The number of aromatic nitrogens is 1. The van der Waals surface area contributed by atoms with Crippen molar-refractivity contribution in [2.24, 2.45) is 0 Å². The van der Waals surface area contributed by atoms with Crippen LogP contribution in [0.15, 0.2) is 36.5 Å². The molecule has 29 heavy (non-hydrogen) atoms. The fourth-order valence-electron chi connectivity index (χ4n) is 2.78. The summed E-state index contributed by atoms with van der Waals surface area (Å²) < 4.78 is 35.4. The van der Waals surface area contributed by atoms with Gasteiger partial charge in [-0.25, -0.2) is 4.39 Å².